The second kappa shape index (κ2) is 19.8. The Morgan fingerprint density at radius 1 is 0.672 bits per heavy atom. The van der Waals surface area contributed by atoms with Crippen molar-refractivity contribution < 1.29 is 37.4 Å². The van der Waals surface area contributed by atoms with E-state index < -0.39 is 40.6 Å². The molecule has 0 saturated heterocycles. The van der Waals surface area contributed by atoms with Crippen LogP contribution in [0.5, 0.6) is 11.5 Å². The Hall–Kier alpha value is -7.08. The van der Waals surface area contributed by atoms with E-state index in [-0.39, 0.29) is 62.2 Å². The van der Waals surface area contributed by atoms with Gasteiger partial charge < -0.3 is 33.1 Å². The van der Waals surface area contributed by atoms with Gasteiger partial charge in [-0.15, -0.1) is 0 Å². The molecule has 0 aliphatic rings. The lowest BCUT2D eigenvalue weighted by Crippen LogP contribution is -2.28. The number of aryl methyl sites for hydroxylation is 2. The Labute approximate surface area is 353 Å². The molecule has 61 heavy (non-hydrogen) atoms. The molecule has 322 valence electrons. The number of nitrogens with two attached hydrogens (primary N) is 4. The lowest BCUT2D eigenvalue weighted by molar-refractivity contribution is -0.141. The second-order valence-electron chi connectivity index (χ2n) is 12.9. The van der Waals surface area contributed by atoms with E-state index in [9.17, 15) is 47.0 Å². The molecule has 0 spiro atoms. The van der Waals surface area contributed by atoms with Crippen molar-refractivity contribution in [3.63, 3.8) is 0 Å². The van der Waals surface area contributed by atoms with Crippen LogP contribution in [0.4, 0.5) is 29.2 Å². The molecule has 6 rings (SSSR count). The zero-order valence-electron chi connectivity index (χ0n) is 34.1. The van der Waals surface area contributed by atoms with Crippen LogP contribution < -0.4 is 34.1 Å². The lowest BCUT2D eigenvalue weighted by atomic mass is 10.0. The van der Waals surface area contributed by atoms with Crippen LogP contribution >= 0.6 is 12.6 Å². The van der Waals surface area contributed by atoms with Crippen LogP contribution in [0, 0.1) is 33.5 Å². The predicted octanol–water partition coefficient (Wildman–Crippen LogP) is 7.14. The number of amides is 2. The summed E-state index contributed by atoms with van der Waals surface area (Å²) in [4.78, 5) is 53.7. The van der Waals surface area contributed by atoms with Crippen molar-refractivity contribution in [1.29, 1.82) is 0 Å². The number of anilines is 2. The number of alkyl halides is 3. The molecule has 0 fully saturated rings. The number of halogens is 4. The fourth-order valence-corrected chi connectivity index (χ4v) is 6.24. The maximum Gasteiger partial charge on any atom is 0.433 e. The molecular weight excluding hydrogens is 819 g/mol. The molecule has 0 atom stereocenters. The number of phenolic OH excluding ortho intramolecular Hbond substituents is 2. The molecule has 0 saturated carbocycles. The van der Waals surface area contributed by atoms with Crippen LogP contribution in [-0.4, -0.2) is 42.4 Å². The number of thiol groups is 1. The summed E-state index contributed by atoms with van der Waals surface area (Å²) >= 11 is 3.53. The van der Waals surface area contributed by atoms with Crippen LogP contribution in [0.1, 0.15) is 62.5 Å². The average Bonchev–Trinajstić information content (AvgIpc) is 3.22. The summed E-state index contributed by atoms with van der Waals surface area (Å²) in [7, 11) is 0. The number of pyridine rings is 3. The number of primary amides is 2. The van der Waals surface area contributed by atoms with Gasteiger partial charge in [-0.25, -0.2) is 4.39 Å². The highest BCUT2D eigenvalue weighted by atomic mass is 32.1. The highest BCUT2D eigenvalue weighted by molar-refractivity contribution is 7.79. The Morgan fingerprint density at radius 2 is 1.10 bits per heavy atom. The highest BCUT2D eigenvalue weighted by Crippen LogP contribution is 2.33. The second-order valence-corrected chi connectivity index (χ2v) is 12.9. The highest BCUT2D eigenvalue weighted by Gasteiger charge is 2.32. The minimum absolute atomic E-state index is 0.0224. The minimum atomic E-state index is -4.64. The molecule has 0 bridgehead atoms. The van der Waals surface area contributed by atoms with E-state index in [2.05, 4.69) is 17.6 Å². The maximum atomic E-state index is 14.3. The number of phenols is 2. The third-order valence-corrected chi connectivity index (χ3v) is 9.19. The molecule has 6 aromatic rings. The van der Waals surface area contributed by atoms with Crippen molar-refractivity contribution in [3.8, 4) is 45.1 Å². The van der Waals surface area contributed by atoms with E-state index in [4.69, 9.17) is 22.9 Å². The van der Waals surface area contributed by atoms with E-state index in [0.29, 0.717) is 27.9 Å². The standard InChI is InChI=1S/C20H17F3N4O3.C20H18FN3O3.C2H6.CH4S/c1-9-3-5-14(28)10(2)16(9)27-17(24)13(18(25)29)7-12(19(27)30)11-4-6-15(26-8-11)20(21,22)23;1-10-7-8-16(25)11(2)17(10)24-18(22)14(19(23)26)9-13(20(24)27)12-5-3-4-6-15(12)21;2*1-2/h3-8,28H,24H2,1-2H3,(H2,25,29);3-9,25H,22H2,1-2H3,(H2,23,26);1-2H3;2H,1H3. The average molecular weight is 864 g/mol. The quantitative estimate of drug-likeness (QED) is 0.0665. The summed E-state index contributed by atoms with van der Waals surface area (Å²) in [6.45, 7) is 10.6. The molecule has 0 unspecified atom stereocenters. The van der Waals surface area contributed by atoms with Gasteiger partial charge in [-0.2, -0.15) is 25.8 Å². The SMILES string of the molecule is CC.CS.Cc1ccc(O)c(C)c1-n1c(N)c(C(N)=O)cc(-c2ccc(C(F)(F)F)nc2)c1=O.Cc1ccc(O)c(C)c1-n1c(N)c(C(N)=O)cc(-c2ccccc2F)c1=O. The van der Waals surface area contributed by atoms with Gasteiger partial charge in [0.2, 0.25) is 0 Å². The Balaban J connectivity index is 0.000000302. The number of hydrogen-bond acceptors (Lipinski definition) is 10. The number of carbonyl (C=O) groups is 2. The van der Waals surface area contributed by atoms with Crippen molar-refractivity contribution >= 4 is 36.1 Å². The number of nitrogen functional groups attached to an aromatic ring is 2. The van der Waals surface area contributed by atoms with E-state index in [0.717, 1.165) is 33.5 Å². The summed E-state index contributed by atoms with van der Waals surface area (Å²) in [5.41, 5.74) is 22.5. The first kappa shape index (κ1) is 48.3. The van der Waals surface area contributed by atoms with Crippen LogP contribution in [0.3, 0.4) is 0 Å². The number of rotatable bonds is 6. The van der Waals surface area contributed by atoms with E-state index >= 15 is 0 Å². The first-order chi connectivity index (χ1) is 28.7. The third kappa shape index (κ3) is 9.87. The zero-order chi connectivity index (χ0) is 46.3. The van der Waals surface area contributed by atoms with Gasteiger partial charge in [-0.3, -0.25) is 33.3 Å². The van der Waals surface area contributed by atoms with Gasteiger partial charge in [0.1, 0.15) is 34.6 Å². The predicted molar refractivity (Wildman–Crippen MR) is 232 cm³/mol. The molecule has 3 heterocycles. The monoisotopic (exact) mass is 863 g/mol. The van der Waals surface area contributed by atoms with E-state index in [1.165, 1.54) is 36.4 Å². The normalized spacial score (nSPS) is 10.6. The molecule has 2 amide bonds. The zero-order valence-corrected chi connectivity index (χ0v) is 35.0. The molecule has 3 aromatic carbocycles. The largest absolute Gasteiger partial charge is 0.508 e. The lowest BCUT2D eigenvalue weighted by Gasteiger charge is -2.19. The number of benzene rings is 3. The van der Waals surface area contributed by atoms with Crippen molar-refractivity contribution in [1.82, 2.24) is 14.1 Å². The minimum Gasteiger partial charge on any atom is -0.508 e. The van der Waals surface area contributed by atoms with Gasteiger partial charge in [0, 0.05) is 28.5 Å². The maximum absolute atomic E-state index is 14.3. The Morgan fingerprint density at radius 3 is 1.49 bits per heavy atom. The molecule has 13 nitrogen and oxygen atoms in total. The molecular formula is C43H45F4N7O6S. The number of carbonyl (C=O) groups excluding carboxylic acids is 2. The molecule has 0 aliphatic heterocycles. The molecule has 0 aliphatic carbocycles. The fourth-order valence-electron chi connectivity index (χ4n) is 6.24. The van der Waals surface area contributed by atoms with Gasteiger partial charge in [-0.05, 0) is 81.5 Å². The summed E-state index contributed by atoms with van der Waals surface area (Å²) in [5, 5.41) is 20.1. The molecule has 0 radical (unpaired) electrons. The van der Waals surface area contributed by atoms with Gasteiger partial charge in [0.25, 0.3) is 22.9 Å². The van der Waals surface area contributed by atoms with Crippen LogP contribution in [-0.2, 0) is 6.18 Å². The summed E-state index contributed by atoms with van der Waals surface area (Å²) in [6, 6.07) is 15.9. The van der Waals surface area contributed by atoms with Crippen LogP contribution in [0.2, 0.25) is 0 Å². The van der Waals surface area contributed by atoms with Crippen molar-refractivity contribution in [2.24, 2.45) is 11.5 Å². The topological polar surface area (TPSA) is 236 Å². The first-order valence-electron chi connectivity index (χ1n) is 18.2. The van der Waals surface area contributed by atoms with E-state index in [1.807, 2.05) is 13.8 Å². The fraction of sp³-hybridized carbons (Fsp3) is 0.186. The number of aromatic hydroxyl groups is 2. The number of nitrogens with zero attached hydrogens (tertiary/aromatic N) is 3. The van der Waals surface area contributed by atoms with Crippen molar-refractivity contribution in [2.45, 2.75) is 47.7 Å². The van der Waals surface area contributed by atoms with Gasteiger partial charge in [-0.1, -0.05) is 50.2 Å². The molecule has 10 N–H and O–H groups in total. The van der Waals surface area contributed by atoms with E-state index in [1.54, 1.807) is 52.1 Å². The Kier molecular flexibility index (Phi) is 15.7. The summed E-state index contributed by atoms with van der Waals surface area (Å²) < 4.78 is 54.8. The molecule has 18 heteroatoms. The van der Waals surface area contributed by atoms with Gasteiger partial charge in [0.15, 0.2) is 0 Å². The smallest absolute Gasteiger partial charge is 0.433 e. The Bertz CT molecular complexity index is 2730. The number of aromatic nitrogens is 3. The summed E-state index contributed by atoms with van der Waals surface area (Å²) in [6.07, 6.45) is -2.07. The van der Waals surface area contributed by atoms with Crippen LogP contribution in [0.25, 0.3) is 33.6 Å². The van der Waals surface area contributed by atoms with Crippen molar-refractivity contribution in [2.75, 3.05) is 17.7 Å². The van der Waals surface area contributed by atoms with Gasteiger partial charge >= 0.3 is 6.18 Å². The van der Waals surface area contributed by atoms with Crippen molar-refractivity contribution in [3.05, 3.63) is 145 Å². The first-order valence-corrected chi connectivity index (χ1v) is 19.1. The van der Waals surface area contributed by atoms with Gasteiger partial charge in [0.05, 0.1) is 33.6 Å². The summed E-state index contributed by atoms with van der Waals surface area (Å²) in [5.74, 6) is -2.99. The molecule has 3 aromatic heterocycles. The number of hydrogen-bond donors (Lipinski definition) is 7. The van der Waals surface area contributed by atoms with Crippen LogP contribution in [0.15, 0.2) is 88.6 Å². The third-order valence-electron chi connectivity index (χ3n) is 9.19.